The first-order valence-corrected chi connectivity index (χ1v) is 11.0. The van der Waals surface area contributed by atoms with Crippen molar-refractivity contribution in [2.24, 2.45) is 0 Å². The van der Waals surface area contributed by atoms with Gasteiger partial charge >= 0.3 is 0 Å². The van der Waals surface area contributed by atoms with Crippen molar-refractivity contribution >= 4 is 17.3 Å². The van der Waals surface area contributed by atoms with Gasteiger partial charge in [-0.1, -0.05) is 69.9 Å². The number of anilines is 1. The molecule has 4 heteroatoms. The fourth-order valence-electron chi connectivity index (χ4n) is 3.74. The third-order valence-corrected chi connectivity index (χ3v) is 5.68. The van der Waals surface area contributed by atoms with Crippen LogP contribution in [0.25, 0.3) is 0 Å². The second kappa shape index (κ2) is 12.6. The van der Waals surface area contributed by atoms with Crippen molar-refractivity contribution in [3.05, 3.63) is 29.3 Å². The summed E-state index contributed by atoms with van der Waals surface area (Å²) >= 11 is 5.97. The van der Waals surface area contributed by atoms with Crippen molar-refractivity contribution < 1.29 is 5.11 Å². The van der Waals surface area contributed by atoms with Gasteiger partial charge in [0, 0.05) is 43.4 Å². The molecule has 1 aromatic carbocycles. The maximum atomic E-state index is 10.3. The van der Waals surface area contributed by atoms with Crippen molar-refractivity contribution in [2.45, 2.75) is 70.8 Å². The lowest BCUT2D eigenvalue weighted by molar-refractivity contribution is 0.0996. The number of unbranched alkanes of at least 4 members (excludes halogenated alkanes) is 7. The second-order valence-corrected chi connectivity index (χ2v) is 8.12. The van der Waals surface area contributed by atoms with Gasteiger partial charge in [0.25, 0.3) is 0 Å². The first-order valence-electron chi connectivity index (χ1n) is 10.6. The lowest BCUT2D eigenvalue weighted by Crippen LogP contribution is -2.48. The molecule has 1 N–H and O–H groups in total. The topological polar surface area (TPSA) is 26.7 Å². The highest BCUT2D eigenvalue weighted by molar-refractivity contribution is 6.30. The number of aliphatic hydroxyl groups excluding tert-OH is 1. The molecule has 0 saturated carbocycles. The van der Waals surface area contributed by atoms with Crippen molar-refractivity contribution in [1.29, 1.82) is 0 Å². The molecule has 0 radical (unpaired) electrons. The Balaban J connectivity index is 1.52. The maximum absolute atomic E-state index is 10.3. The molecule has 0 aliphatic carbocycles. The highest BCUT2D eigenvalue weighted by Gasteiger charge is 2.19. The van der Waals surface area contributed by atoms with Crippen LogP contribution >= 0.6 is 11.6 Å². The Morgan fingerprint density at radius 3 is 2.08 bits per heavy atom. The Morgan fingerprint density at radius 1 is 0.885 bits per heavy atom. The van der Waals surface area contributed by atoms with Gasteiger partial charge < -0.3 is 10.0 Å². The Kier molecular flexibility index (Phi) is 10.4. The van der Waals surface area contributed by atoms with E-state index >= 15 is 0 Å². The van der Waals surface area contributed by atoms with Crippen molar-refractivity contribution in [3.63, 3.8) is 0 Å². The summed E-state index contributed by atoms with van der Waals surface area (Å²) in [6.07, 6.45) is 11.4. The predicted molar refractivity (Wildman–Crippen MR) is 113 cm³/mol. The Labute approximate surface area is 165 Å². The van der Waals surface area contributed by atoms with Crippen molar-refractivity contribution in [2.75, 3.05) is 37.6 Å². The van der Waals surface area contributed by atoms with Crippen LogP contribution in [0, 0.1) is 0 Å². The third kappa shape index (κ3) is 8.28. The lowest BCUT2D eigenvalue weighted by Gasteiger charge is -2.37. The van der Waals surface area contributed by atoms with Gasteiger partial charge in [-0.3, -0.25) is 4.90 Å². The summed E-state index contributed by atoms with van der Waals surface area (Å²) in [6.45, 7) is 7.18. The molecule has 26 heavy (non-hydrogen) atoms. The Morgan fingerprint density at radius 2 is 1.46 bits per heavy atom. The summed E-state index contributed by atoms with van der Waals surface area (Å²) in [7, 11) is 0. The van der Waals surface area contributed by atoms with Crippen LogP contribution in [0.3, 0.4) is 0 Å². The Hall–Kier alpha value is -0.770. The molecule has 1 aliphatic rings. The van der Waals surface area contributed by atoms with Crippen LogP contribution < -0.4 is 4.90 Å². The molecule has 0 unspecified atom stereocenters. The molecular formula is C22H37ClN2O. The molecule has 0 spiro atoms. The van der Waals surface area contributed by atoms with Crippen molar-refractivity contribution in [3.8, 4) is 0 Å². The zero-order valence-electron chi connectivity index (χ0n) is 16.5. The summed E-state index contributed by atoms with van der Waals surface area (Å²) < 4.78 is 0. The molecule has 0 bridgehead atoms. The molecule has 1 heterocycles. The number of halogens is 1. The molecule has 0 aromatic heterocycles. The average Bonchev–Trinajstić information content (AvgIpc) is 2.65. The van der Waals surface area contributed by atoms with Crippen molar-refractivity contribution in [1.82, 2.24) is 4.90 Å². The number of nitrogens with zero attached hydrogens (tertiary/aromatic N) is 2. The monoisotopic (exact) mass is 380 g/mol. The van der Waals surface area contributed by atoms with E-state index in [1.54, 1.807) is 0 Å². The van der Waals surface area contributed by atoms with Gasteiger partial charge in [0.2, 0.25) is 0 Å². The van der Waals surface area contributed by atoms with E-state index in [1.165, 1.54) is 57.1 Å². The van der Waals surface area contributed by atoms with Gasteiger partial charge in [0.15, 0.2) is 0 Å². The molecule has 1 saturated heterocycles. The average molecular weight is 381 g/mol. The number of piperazine rings is 1. The highest BCUT2D eigenvalue weighted by atomic mass is 35.5. The molecule has 148 valence electrons. The van der Waals surface area contributed by atoms with E-state index in [9.17, 15) is 5.11 Å². The summed E-state index contributed by atoms with van der Waals surface area (Å²) in [5.41, 5.74) is 1.24. The van der Waals surface area contributed by atoms with Crippen LogP contribution in [-0.2, 0) is 0 Å². The first kappa shape index (κ1) is 21.5. The van der Waals surface area contributed by atoms with Crippen LogP contribution in [0.5, 0.6) is 0 Å². The molecule has 0 amide bonds. The van der Waals surface area contributed by atoms with Crippen LogP contribution in [-0.4, -0.2) is 48.8 Å². The number of hydrogen-bond donors (Lipinski definition) is 1. The van der Waals surface area contributed by atoms with E-state index in [0.29, 0.717) is 0 Å². The molecule has 1 aromatic rings. The minimum Gasteiger partial charge on any atom is -0.392 e. The fourth-order valence-corrected chi connectivity index (χ4v) is 3.87. The molecule has 1 atom stereocenters. The molecular weight excluding hydrogens is 344 g/mol. The smallest absolute Gasteiger partial charge is 0.0667 e. The van der Waals surface area contributed by atoms with E-state index in [4.69, 9.17) is 11.6 Å². The van der Waals surface area contributed by atoms with Crippen LogP contribution in [0.15, 0.2) is 24.3 Å². The normalized spacial score (nSPS) is 16.8. The number of rotatable bonds is 12. The summed E-state index contributed by atoms with van der Waals surface area (Å²) in [4.78, 5) is 4.81. The SMILES string of the molecule is CCCCCCCCCC[C@H](O)CN1CCN(c2ccc(Cl)cc2)CC1. The maximum Gasteiger partial charge on any atom is 0.0667 e. The number of aliphatic hydroxyl groups is 1. The minimum atomic E-state index is -0.169. The van der Waals surface area contributed by atoms with Gasteiger partial charge in [-0.05, 0) is 30.7 Å². The Bertz CT molecular complexity index is 472. The number of benzene rings is 1. The summed E-state index contributed by atoms with van der Waals surface area (Å²) in [6, 6.07) is 8.10. The van der Waals surface area contributed by atoms with E-state index in [-0.39, 0.29) is 6.10 Å². The lowest BCUT2D eigenvalue weighted by atomic mass is 10.1. The van der Waals surface area contributed by atoms with Crippen LogP contribution in [0.4, 0.5) is 5.69 Å². The van der Waals surface area contributed by atoms with Gasteiger partial charge in [-0.2, -0.15) is 0 Å². The van der Waals surface area contributed by atoms with E-state index < -0.39 is 0 Å². The molecule has 2 rings (SSSR count). The summed E-state index contributed by atoms with van der Waals surface area (Å²) in [5, 5.41) is 11.1. The van der Waals surface area contributed by atoms with E-state index in [1.807, 2.05) is 12.1 Å². The third-order valence-electron chi connectivity index (χ3n) is 5.42. The standard InChI is InChI=1S/C22H37ClN2O/c1-2-3-4-5-6-7-8-9-10-22(26)19-24-15-17-25(18-16-24)21-13-11-20(23)12-14-21/h11-14,22,26H,2-10,15-19H2,1H3/t22-/m0/s1. The van der Waals surface area contributed by atoms with Gasteiger partial charge in [0.05, 0.1) is 6.10 Å². The molecule has 3 nitrogen and oxygen atoms in total. The fraction of sp³-hybridized carbons (Fsp3) is 0.727. The van der Waals surface area contributed by atoms with Gasteiger partial charge in [-0.15, -0.1) is 0 Å². The zero-order chi connectivity index (χ0) is 18.6. The largest absolute Gasteiger partial charge is 0.392 e. The molecule has 1 fully saturated rings. The van der Waals surface area contributed by atoms with E-state index in [2.05, 4.69) is 28.9 Å². The highest BCUT2D eigenvalue weighted by Crippen LogP contribution is 2.19. The van der Waals surface area contributed by atoms with Gasteiger partial charge in [0.1, 0.15) is 0 Å². The number of hydrogen-bond acceptors (Lipinski definition) is 3. The quantitative estimate of drug-likeness (QED) is 0.495. The molecule has 1 aliphatic heterocycles. The minimum absolute atomic E-state index is 0.169. The van der Waals surface area contributed by atoms with E-state index in [0.717, 1.165) is 44.2 Å². The van der Waals surface area contributed by atoms with Gasteiger partial charge in [-0.25, -0.2) is 0 Å². The van der Waals surface area contributed by atoms with Crippen LogP contribution in [0.1, 0.15) is 64.7 Å². The second-order valence-electron chi connectivity index (χ2n) is 7.68. The number of β-amino-alcohol motifs (C(OH)–C–C–N with tert-alkyl or cyclic N) is 1. The first-order chi connectivity index (χ1) is 12.7. The zero-order valence-corrected chi connectivity index (χ0v) is 17.3. The van der Waals surface area contributed by atoms with Crippen LogP contribution in [0.2, 0.25) is 5.02 Å². The predicted octanol–water partition coefficient (Wildman–Crippen LogP) is 5.35. The summed E-state index contributed by atoms with van der Waals surface area (Å²) in [5.74, 6) is 0.